The molecule has 32 heavy (non-hydrogen) atoms. The number of halogens is 2. The summed E-state index contributed by atoms with van der Waals surface area (Å²) in [5.41, 5.74) is 21.2. The summed E-state index contributed by atoms with van der Waals surface area (Å²) in [5.74, 6) is 0.747. The van der Waals surface area contributed by atoms with Crippen LogP contribution in [0.5, 0.6) is 0 Å². The molecule has 1 aromatic rings. The van der Waals surface area contributed by atoms with Crippen molar-refractivity contribution in [1.82, 2.24) is 9.88 Å². The summed E-state index contributed by atoms with van der Waals surface area (Å²) in [5, 5.41) is 1.64. The largest absolute Gasteiger partial charge is 0.392 e. The molecule has 0 radical (unpaired) electrons. The number of hydrogen-bond acceptors (Lipinski definition) is 5. The van der Waals surface area contributed by atoms with E-state index in [4.69, 9.17) is 40.4 Å². The molecule has 1 aliphatic heterocycles. The maximum absolute atomic E-state index is 6.31. The molecular formula is C23H30Cl2N6S. The fourth-order valence-electron chi connectivity index (χ4n) is 4.29. The number of likely N-dealkylation sites (tertiary alicyclic amines) is 1. The molecule has 9 heteroatoms. The van der Waals surface area contributed by atoms with E-state index < -0.39 is 0 Å². The van der Waals surface area contributed by atoms with E-state index in [2.05, 4.69) is 27.9 Å². The number of anilines is 1. The summed E-state index contributed by atoms with van der Waals surface area (Å²) in [4.78, 5) is 11.2. The molecular weight excluding hydrogens is 463 g/mol. The zero-order valence-electron chi connectivity index (χ0n) is 18.4. The SMILES string of the molecule is C/C=C\C(Cl)=C/C1=C(C)CC2(CCN(C(N)=N/C=C(\N)Sc3ccnc(N)c3Cl)CC2)C1. The Kier molecular flexibility index (Phi) is 8.20. The quantitative estimate of drug-likeness (QED) is 0.220. The lowest BCUT2D eigenvalue weighted by Gasteiger charge is -2.40. The second-order valence-electron chi connectivity index (χ2n) is 8.30. The zero-order chi connectivity index (χ0) is 23.3. The van der Waals surface area contributed by atoms with Gasteiger partial charge in [-0.2, -0.15) is 0 Å². The van der Waals surface area contributed by atoms with Gasteiger partial charge in [-0.05, 0) is 68.7 Å². The molecule has 0 aromatic carbocycles. The molecule has 1 saturated heterocycles. The third-order valence-corrected chi connectivity index (χ3v) is 7.62. The zero-order valence-corrected chi connectivity index (χ0v) is 20.8. The Bertz CT molecular complexity index is 1000. The van der Waals surface area contributed by atoms with Crippen LogP contribution in [0.4, 0.5) is 5.82 Å². The summed E-state index contributed by atoms with van der Waals surface area (Å²) in [7, 11) is 0. The number of guanidine groups is 1. The van der Waals surface area contributed by atoms with Gasteiger partial charge in [-0.3, -0.25) is 0 Å². The van der Waals surface area contributed by atoms with Crippen LogP contribution in [0.3, 0.4) is 0 Å². The van der Waals surface area contributed by atoms with Crippen LogP contribution in [0.15, 0.2) is 67.8 Å². The molecule has 172 valence electrons. The van der Waals surface area contributed by atoms with E-state index in [0.717, 1.165) is 48.7 Å². The Labute approximate surface area is 204 Å². The van der Waals surface area contributed by atoms with Gasteiger partial charge in [0.05, 0.1) is 16.3 Å². The van der Waals surface area contributed by atoms with E-state index in [1.54, 1.807) is 18.5 Å². The van der Waals surface area contributed by atoms with E-state index in [1.807, 2.05) is 19.1 Å². The molecule has 0 saturated carbocycles. The minimum absolute atomic E-state index is 0.272. The highest BCUT2D eigenvalue weighted by Gasteiger charge is 2.39. The van der Waals surface area contributed by atoms with Gasteiger partial charge in [0, 0.05) is 29.2 Å². The van der Waals surface area contributed by atoms with E-state index in [-0.39, 0.29) is 5.82 Å². The van der Waals surface area contributed by atoms with Crippen LogP contribution in [-0.2, 0) is 0 Å². The number of piperidine rings is 1. The fraction of sp³-hybridized carbons (Fsp3) is 0.391. The summed E-state index contributed by atoms with van der Waals surface area (Å²) in [6, 6.07) is 1.76. The van der Waals surface area contributed by atoms with E-state index in [0.29, 0.717) is 21.4 Å². The highest BCUT2D eigenvalue weighted by atomic mass is 35.5. The van der Waals surface area contributed by atoms with Crippen LogP contribution in [-0.4, -0.2) is 28.9 Å². The smallest absolute Gasteiger partial charge is 0.195 e. The molecule has 1 aliphatic carbocycles. The molecule has 2 heterocycles. The minimum Gasteiger partial charge on any atom is -0.392 e. The molecule has 0 amide bonds. The van der Waals surface area contributed by atoms with Gasteiger partial charge in [0.2, 0.25) is 0 Å². The number of nitrogens with two attached hydrogens (primary N) is 3. The molecule has 0 atom stereocenters. The summed E-state index contributed by atoms with van der Waals surface area (Å²) in [6.45, 7) is 5.93. The van der Waals surface area contributed by atoms with E-state index in [1.165, 1.54) is 22.9 Å². The second-order valence-corrected chi connectivity index (χ2v) is 10.2. The van der Waals surface area contributed by atoms with Gasteiger partial charge in [-0.15, -0.1) is 0 Å². The lowest BCUT2D eigenvalue weighted by Crippen LogP contribution is -2.45. The number of aliphatic imine (C=N–C) groups is 1. The first-order valence-electron chi connectivity index (χ1n) is 10.5. The maximum atomic E-state index is 6.31. The predicted octanol–water partition coefficient (Wildman–Crippen LogP) is 5.37. The molecule has 1 spiro atoms. The van der Waals surface area contributed by atoms with Crippen molar-refractivity contribution in [2.45, 2.75) is 44.4 Å². The number of pyridine rings is 1. The van der Waals surface area contributed by atoms with Gasteiger partial charge in [0.25, 0.3) is 0 Å². The Hall–Kier alpha value is -2.09. The van der Waals surface area contributed by atoms with Crippen molar-refractivity contribution in [2.75, 3.05) is 18.8 Å². The highest BCUT2D eigenvalue weighted by Crippen LogP contribution is 2.49. The first-order valence-corrected chi connectivity index (χ1v) is 12.1. The van der Waals surface area contributed by atoms with Gasteiger partial charge in [-0.1, -0.05) is 46.6 Å². The lowest BCUT2D eigenvalue weighted by atomic mass is 9.75. The predicted molar refractivity (Wildman–Crippen MR) is 137 cm³/mol. The van der Waals surface area contributed by atoms with E-state index >= 15 is 0 Å². The number of aromatic nitrogens is 1. The van der Waals surface area contributed by atoms with Crippen LogP contribution in [0.1, 0.15) is 39.5 Å². The van der Waals surface area contributed by atoms with Crippen molar-refractivity contribution in [1.29, 1.82) is 0 Å². The van der Waals surface area contributed by atoms with Gasteiger partial charge < -0.3 is 22.1 Å². The van der Waals surface area contributed by atoms with Crippen LogP contribution < -0.4 is 17.2 Å². The second kappa shape index (κ2) is 10.7. The Morgan fingerprint density at radius 3 is 2.69 bits per heavy atom. The average Bonchev–Trinajstić information content (AvgIpc) is 3.04. The molecule has 0 bridgehead atoms. The molecule has 3 rings (SSSR count). The van der Waals surface area contributed by atoms with Crippen molar-refractivity contribution in [2.24, 2.45) is 21.9 Å². The van der Waals surface area contributed by atoms with Crippen LogP contribution in [0, 0.1) is 5.41 Å². The standard InChI is InChI=1S/C23H30Cl2N6S/c1-3-4-17(24)11-16-13-23(12-15(16)2)6-9-31(10-7-23)22(28)30-14-19(26)32-18-5-8-29-21(27)20(18)25/h3-5,8,11,14H,6-7,9-10,12-13,26H2,1-2H3,(H2,27,29)(H2,28,30)/b4-3-,17-11+,19-14+. The average molecular weight is 494 g/mol. The molecule has 1 fully saturated rings. The third kappa shape index (κ3) is 6.03. The fourth-order valence-corrected chi connectivity index (χ4v) is 5.46. The molecule has 2 aliphatic rings. The number of rotatable bonds is 5. The van der Waals surface area contributed by atoms with Crippen molar-refractivity contribution < 1.29 is 0 Å². The first kappa shape index (κ1) is 24.6. The molecule has 0 unspecified atom stereocenters. The Morgan fingerprint density at radius 2 is 2.00 bits per heavy atom. The molecule has 6 nitrogen and oxygen atoms in total. The summed E-state index contributed by atoms with van der Waals surface area (Å²) >= 11 is 13.8. The lowest BCUT2D eigenvalue weighted by molar-refractivity contribution is 0.157. The van der Waals surface area contributed by atoms with E-state index in [9.17, 15) is 0 Å². The number of thioether (sulfide) groups is 1. The van der Waals surface area contributed by atoms with Gasteiger partial charge in [-0.25, -0.2) is 9.98 Å². The number of allylic oxidation sites excluding steroid dienone is 6. The van der Waals surface area contributed by atoms with Crippen molar-refractivity contribution in [3.8, 4) is 0 Å². The number of nitrogen functional groups attached to an aromatic ring is 1. The molecule has 1 aromatic heterocycles. The normalized spacial score (nSPS) is 20.1. The van der Waals surface area contributed by atoms with Crippen molar-refractivity contribution in [3.63, 3.8) is 0 Å². The van der Waals surface area contributed by atoms with Crippen molar-refractivity contribution in [3.05, 3.63) is 62.9 Å². The van der Waals surface area contributed by atoms with Crippen molar-refractivity contribution >= 4 is 46.7 Å². The summed E-state index contributed by atoms with van der Waals surface area (Å²) < 4.78 is 0. The monoisotopic (exact) mass is 492 g/mol. The third-order valence-electron chi connectivity index (χ3n) is 5.97. The van der Waals surface area contributed by atoms with Crippen LogP contribution in [0.2, 0.25) is 5.02 Å². The maximum Gasteiger partial charge on any atom is 0.195 e. The summed E-state index contributed by atoms with van der Waals surface area (Å²) in [6.07, 6.45) is 13.5. The van der Waals surface area contributed by atoms with Crippen LogP contribution >= 0.6 is 35.0 Å². The topological polar surface area (TPSA) is 107 Å². The minimum atomic E-state index is 0.272. The molecule has 6 N–H and O–H groups in total. The first-order chi connectivity index (χ1) is 15.2. The van der Waals surface area contributed by atoms with Crippen LogP contribution in [0.25, 0.3) is 0 Å². The van der Waals surface area contributed by atoms with Gasteiger partial charge in [0.15, 0.2) is 5.96 Å². The Morgan fingerprint density at radius 1 is 1.28 bits per heavy atom. The van der Waals surface area contributed by atoms with Gasteiger partial charge >= 0.3 is 0 Å². The number of hydrogen-bond donors (Lipinski definition) is 3. The highest BCUT2D eigenvalue weighted by molar-refractivity contribution is 8.03. The number of nitrogens with zero attached hydrogens (tertiary/aromatic N) is 3. The Balaban J connectivity index is 1.58. The van der Waals surface area contributed by atoms with Gasteiger partial charge in [0.1, 0.15) is 5.82 Å².